The van der Waals surface area contributed by atoms with Crippen molar-refractivity contribution in [3.8, 4) is 0 Å². The summed E-state index contributed by atoms with van der Waals surface area (Å²) >= 11 is 11.9. The zero-order chi connectivity index (χ0) is 15.4. The van der Waals surface area contributed by atoms with Crippen LogP contribution < -0.4 is 5.32 Å². The number of ether oxygens (including phenoxy) is 1. The van der Waals surface area contributed by atoms with E-state index in [4.69, 9.17) is 23.2 Å². The van der Waals surface area contributed by atoms with Crippen molar-refractivity contribution in [3.05, 3.63) is 63.4 Å². The number of carbonyl (C=O) groups excluding carboxylic acids is 1. The van der Waals surface area contributed by atoms with E-state index in [9.17, 15) is 9.18 Å². The molecule has 2 aromatic carbocycles. The van der Waals surface area contributed by atoms with Crippen molar-refractivity contribution in [1.29, 1.82) is 0 Å². The highest BCUT2D eigenvalue weighted by molar-refractivity contribution is 6.35. The van der Waals surface area contributed by atoms with E-state index < -0.39 is 11.8 Å². The van der Waals surface area contributed by atoms with Crippen LogP contribution in [0.2, 0.25) is 10.0 Å². The Kier molecular flexibility index (Phi) is 5.04. The van der Waals surface area contributed by atoms with Gasteiger partial charge in [-0.1, -0.05) is 29.3 Å². The molecule has 0 bridgehead atoms. The molecule has 0 saturated carbocycles. The molecule has 0 amide bonds. The molecular weight excluding hydrogens is 316 g/mol. The third kappa shape index (κ3) is 3.86. The predicted molar refractivity (Wildman–Crippen MR) is 81.5 cm³/mol. The lowest BCUT2D eigenvalue weighted by Crippen LogP contribution is -2.06. The Morgan fingerprint density at radius 3 is 2.67 bits per heavy atom. The van der Waals surface area contributed by atoms with E-state index >= 15 is 0 Å². The number of hydrogen-bond donors (Lipinski definition) is 1. The molecule has 0 aliphatic rings. The van der Waals surface area contributed by atoms with Gasteiger partial charge in [0.15, 0.2) is 0 Å². The third-order valence-electron chi connectivity index (χ3n) is 2.85. The highest BCUT2D eigenvalue weighted by Gasteiger charge is 2.12. The van der Waals surface area contributed by atoms with Gasteiger partial charge >= 0.3 is 5.97 Å². The van der Waals surface area contributed by atoms with E-state index in [1.165, 1.54) is 19.2 Å². The van der Waals surface area contributed by atoms with Crippen LogP contribution in [0.3, 0.4) is 0 Å². The Morgan fingerprint density at radius 2 is 2.00 bits per heavy atom. The summed E-state index contributed by atoms with van der Waals surface area (Å²) in [6.07, 6.45) is 0. The average molecular weight is 328 g/mol. The van der Waals surface area contributed by atoms with Crippen molar-refractivity contribution in [2.75, 3.05) is 12.4 Å². The van der Waals surface area contributed by atoms with Gasteiger partial charge in [0.25, 0.3) is 0 Å². The van der Waals surface area contributed by atoms with Gasteiger partial charge in [0.2, 0.25) is 0 Å². The molecule has 110 valence electrons. The summed E-state index contributed by atoms with van der Waals surface area (Å²) in [5, 5.41) is 4.13. The average Bonchev–Trinajstić information content (AvgIpc) is 2.47. The number of anilines is 1. The molecule has 3 nitrogen and oxygen atoms in total. The minimum Gasteiger partial charge on any atom is -0.465 e. The largest absolute Gasteiger partial charge is 0.465 e. The van der Waals surface area contributed by atoms with Crippen molar-refractivity contribution in [2.24, 2.45) is 0 Å². The standard InChI is InChI=1S/C15H12Cl2FNO2/c1-21-15(20)11-4-2-9(6-13(11)18)8-19-14-7-10(16)3-5-12(14)17/h2-7,19H,8H2,1H3. The van der Waals surface area contributed by atoms with Crippen molar-refractivity contribution in [1.82, 2.24) is 0 Å². The lowest BCUT2D eigenvalue weighted by Gasteiger charge is -2.10. The summed E-state index contributed by atoms with van der Waals surface area (Å²) in [4.78, 5) is 11.3. The highest BCUT2D eigenvalue weighted by Crippen LogP contribution is 2.26. The van der Waals surface area contributed by atoms with E-state index in [1.807, 2.05) is 0 Å². The summed E-state index contributed by atoms with van der Waals surface area (Å²) < 4.78 is 18.3. The first-order chi connectivity index (χ1) is 10.0. The summed E-state index contributed by atoms with van der Waals surface area (Å²) in [7, 11) is 1.21. The molecule has 0 heterocycles. The lowest BCUT2D eigenvalue weighted by atomic mass is 10.1. The van der Waals surface area contributed by atoms with Crippen LogP contribution in [0.4, 0.5) is 10.1 Å². The summed E-state index contributed by atoms with van der Waals surface area (Å²) in [6.45, 7) is 0.346. The fourth-order valence-electron chi connectivity index (χ4n) is 1.77. The Labute approximate surface area is 131 Å². The molecule has 1 N–H and O–H groups in total. The molecule has 0 unspecified atom stereocenters. The highest BCUT2D eigenvalue weighted by atomic mass is 35.5. The maximum Gasteiger partial charge on any atom is 0.340 e. The lowest BCUT2D eigenvalue weighted by molar-refractivity contribution is 0.0595. The molecule has 6 heteroatoms. The summed E-state index contributed by atoms with van der Waals surface area (Å²) in [5.41, 5.74) is 1.22. The first kappa shape index (κ1) is 15.6. The van der Waals surface area contributed by atoms with Gasteiger partial charge in [0, 0.05) is 11.6 Å². The van der Waals surface area contributed by atoms with Crippen LogP contribution in [-0.4, -0.2) is 13.1 Å². The molecule has 0 spiro atoms. The first-order valence-corrected chi connectivity index (χ1v) is 6.82. The Morgan fingerprint density at radius 1 is 1.24 bits per heavy atom. The first-order valence-electron chi connectivity index (χ1n) is 6.07. The number of carbonyl (C=O) groups is 1. The van der Waals surface area contributed by atoms with E-state index in [0.29, 0.717) is 27.8 Å². The smallest absolute Gasteiger partial charge is 0.340 e. The van der Waals surface area contributed by atoms with Crippen LogP contribution in [0.5, 0.6) is 0 Å². The fourth-order valence-corrected chi connectivity index (χ4v) is 2.13. The summed E-state index contributed by atoms with van der Waals surface area (Å²) in [6, 6.07) is 9.34. The maximum absolute atomic E-state index is 13.8. The Bertz CT molecular complexity index is 677. The van der Waals surface area contributed by atoms with E-state index in [-0.39, 0.29) is 5.56 Å². The number of nitrogens with one attached hydrogen (secondary N) is 1. The predicted octanol–water partition coefficient (Wildman–Crippen LogP) is 4.53. The van der Waals surface area contributed by atoms with Gasteiger partial charge in [0.05, 0.1) is 23.4 Å². The van der Waals surface area contributed by atoms with Crippen molar-refractivity contribution >= 4 is 34.9 Å². The number of halogens is 3. The summed E-state index contributed by atoms with van der Waals surface area (Å²) in [5.74, 6) is -1.33. The van der Waals surface area contributed by atoms with Gasteiger partial charge in [-0.2, -0.15) is 0 Å². The van der Waals surface area contributed by atoms with Crippen LogP contribution >= 0.6 is 23.2 Å². The topological polar surface area (TPSA) is 38.3 Å². The molecule has 0 aliphatic carbocycles. The van der Waals surface area contributed by atoms with Gasteiger partial charge in [-0.3, -0.25) is 0 Å². The van der Waals surface area contributed by atoms with Crippen LogP contribution in [0.1, 0.15) is 15.9 Å². The van der Waals surface area contributed by atoms with Crippen molar-refractivity contribution in [2.45, 2.75) is 6.54 Å². The fraction of sp³-hybridized carbons (Fsp3) is 0.133. The SMILES string of the molecule is COC(=O)c1ccc(CNc2cc(Cl)ccc2Cl)cc1F. The number of esters is 1. The van der Waals surface area contributed by atoms with Crippen molar-refractivity contribution in [3.63, 3.8) is 0 Å². The second kappa shape index (κ2) is 6.78. The van der Waals surface area contributed by atoms with Gasteiger partial charge in [0.1, 0.15) is 5.82 Å². The number of methoxy groups -OCH3 is 1. The molecule has 2 aromatic rings. The number of benzene rings is 2. The third-order valence-corrected chi connectivity index (χ3v) is 3.41. The van der Waals surface area contributed by atoms with Crippen LogP contribution in [0, 0.1) is 5.82 Å². The van der Waals surface area contributed by atoms with E-state index in [1.54, 1.807) is 24.3 Å². The van der Waals surface area contributed by atoms with Crippen LogP contribution in [-0.2, 0) is 11.3 Å². The molecule has 0 aromatic heterocycles. The van der Waals surface area contributed by atoms with E-state index in [0.717, 1.165) is 0 Å². The Balaban J connectivity index is 2.12. The van der Waals surface area contributed by atoms with Gasteiger partial charge in [-0.05, 0) is 35.9 Å². The van der Waals surface area contributed by atoms with E-state index in [2.05, 4.69) is 10.1 Å². The molecule has 2 rings (SSSR count). The van der Waals surface area contributed by atoms with Gasteiger partial charge in [-0.15, -0.1) is 0 Å². The quantitative estimate of drug-likeness (QED) is 0.838. The van der Waals surface area contributed by atoms with Gasteiger partial charge < -0.3 is 10.1 Å². The number of hydrogen-bond acceptors (Lipinski definition) is 3. The second-order valence-corrected chi connectivity index (χ2v) is 5.13. The zero-order valence-corrected chi connectivity index (χ0v) is 12.6. The normalized spacial score (nSPS) is 10.3. The minimum atomic E-state index is -0.704. The molecular formula is C15H12Cl2FNO2. The second-order valence-electron chi connectivity index (χ2n) is 4.28. The van der Waals surface area contributed by atoms with Crippen LogP contribution in [0.25, 0.3) is 0 Å². The van der Waals surface area contributed by atoms with Crippen molar-refractivity contribution < 1.29 is 13.9 Å². The molecule has 0 saturated heterocycles. The molecule has 0 aliphatic heterocycles. The number of rotatable bonds is 4. The molecule has 0 fully saturated rings. The Hall–Kier alpha value is -1.78. The zero-order valence-electron chi connectivity index (χ0n) is 11.1. The molecule has 0 radical (unpaired) electrons. The van der Waals surface area contributed by atoms with Crippen LogP contribution in [0.15, 0.2) is 36.4 Å². The monoisotopic (exact) mass is 327 g/mol. The van der Waals surface area contributed by atoms with Gasteiger partial charge in [-0.25, -0.2) is 9.18 Å². The minimum absolute atomic E-state index is 0.0953. The maximum atomic E-state index is 13.8. The molecule has 21 heavy (non-hydrogen) atoms. The molecule has 0 atom stereocenters.